The first-order valence-corrected chi connectivity index (χ1v) is 4.78. The number of benzene rings is 1. The zero-order chi connectivity index (χ0) is 10.8. The Bertz CT molecular complexity index is 398. The maximum atomic E-state index is 11.0. The molecule has 4 nitrogen and oxygen atoms in total. The highest BCUT2D eigenvalue weighted by atomic mass is 16.6. The van der Waals surface area contributed by atoms with Crippen LogP contribution in [0, 0.1) is 0 Å². The van der Waals surface area contributed by atoms with E-state index < -0.39 is 0 Å². The minimum absolute atomic E-state index is 0.00183. The molecule has 0 bridgehead atoms. The van der Waals surface area contributed by atoms with Crippen LogP contribution in [0.4, 0.5) is 0 Å². The van der Waals surface area contributed by atoms with Gasteiger partial charge in [0, 0.05) is 18.1 Å². The monoisotopic (exact) mass is 208 g/mol. The number of carbonyl (C=O) groups excluding carboxylic acids is 1. The second kappa shape index (κ2) is 3.81. The van der Waals surface area contributed by atoms with Gasteiger partial charge in [0.1, 0.15) is 24.7 Å². The molecule has 0 saturated heterocycles. The number of hydrogen-bond acceptors (Lipinski definition) is 4. The number of aromatic hydroxyl groups is 1. The Kier molecular flexibility index (Phi) is 2.49. The molecular weight excluding hydrogens is 196 g/mol. The van der Waals surface area contributed by atoms with Gasteiger partial charge in [0.15, 0.2) is 11.5 Å². The van der Waals surface area contributed by atoms with Crippen molar-refractivity contribution in [3.05, 3.63) is 17.7 Å². The summed E-state index contributed by atoms with van der Waals surface area (Å²) in [6.07, 6.45) is 0.211. The molecule has 15 heavy (non-hydrogen) atoms. The van der Waals surface area contributed by atoms with Gasteiger partial charge in [0.2, 0.25) is 0 Å². The van der Waals surface area contributed by atoms with Gasteiger partial charge >= 0.3 is 0 Å². The van der Waals surface area contributed by atoms with Crippen molar-refractivity contribution in [1.82, 2.24) is 0 Å². The Hall–Kier alpha value is -1.71. The zero-order valence-electron chi connectivity index (χ0n) is 8.45. The average Bonchev–Trinajstić information content (AvgIpc) is 2.18. The molecule has 80 valence electrons. The van der Waals surface area contributed by atoms with Gasteiger partial charge in [0.05, 0.1) is 0 Å². The summed E-state index contributed by atoms with van der Waals surface area (Å²) in [5.41, 5.74) is 0.576. The molecule has 0 atom stereocenters. The van der Waals surface area contributed by atoms with E-state index in [1.807, 2.05) is 0 Å². The van der Waals surface area contributed by atoms with Gasteiger partial charge in [-0.25, -0.2) is 0 Å². The zero-order valence-corrected chi connectivity index (χ0v) is 8.45. The summed E-state index contributed by atoms with van der Waals surface area (Å²) in [5, 5.41) is 9.63. The fourth-order valence-electron chi connectivity index (χ4n) is 1.53. The maximum absolute atomic E-state index is 11.0. The molecule has 1 N–H and O–H groups in total. The number of rotatable bonds is 2. The van der Waals surface area contributed by atoms with Crippen molar-refractivity contribution in [2.45, 2.75) is 13.3 Å². The van der Waals surface area contributed by atoms with Crippen LogP contribution in [0.2, 0.25) is 0 Å². The van der Waals surface area contributed by atoms with Crippen molar-refractivity contribution in [3.8, 4) is 17.2 Å². The third-order valence-electron chi connectivity index (χ3n) is 2.18. The minimum atomic E-state index is 0.00183. The summed E-state index contributed by atoms with van der Waals surface area (Å²) < 4.78 is 10.6. The Labute approximate surface area is 87.4 Å². The van der Waals surface area contributed by atoms with E-state index in [1.54, 1.807) is 6.07 Å². The average molecular weight is 208 g/mol. The molecule has 1 heterocycles. The summed E-state index contributed by atoms with van der Waals surface area (Å²) in [6.45, 7) is 2.46. The van der Waals surface area contributed by atoms with E-state index in [-0.39, 0.29) is 18.0 Å². The van der Waals surface area contributed by atoms with E-state index in [1.165, 1.54) is 13.0 Å². The van der Waals surface area contributed by atoms with E-state index >= 15 is 0 Å². The molecule has 4 heteroatoms. The molecule has 0 unspecified atom stereocenters. The van der Waals surface area contributed by atoms with Crippen LogP contribution in [0.1, 0.15) is 12.5 Å². The second-order valence-corrected chi connectivity index (χ2v) is 3.50. The van der Waals surface area contributed by atoms with E-state index in [0.29, 0.717) is 30.3 Å². The topological polar surface area (TPSA) is 55.8 Å². The summed E-state index contributed by atoms with van der Waals surface area (Å²) in [5.74, 6) is 1.21. The van der Waals surface area contributed by atoms with Crippen LogP contribution in [0.3, 0.4) is 0 Å². The number of Topliss-reactive ketones (excluding diaryl/α,β-unsaturated/α-hetero) is 1. The van der Waals surface area contributed by atoms with Crippen LogP contribution in [-0.2, 0) is 11.2 Å². The van der Waals surface area contributed by atoms with Crippen LogP contribution >= 0.6 is 0 Å². The number of ketones is 1. The molecule has 2 rings (SSSR count). The van der Waals surface area contributed by atoms with Crippen LogP contribution in [0.25, 0.3) is 0 Å². The normalized spacial score (nSPS) is 13.7. The van der Waals surface area contributed by atoms with Gasteiger partial charge in [0.25, 0.3) is 0 Å². The Morgan fingerprint density at radius 1 is 1.33 bits per heavy atom. The summed E-state index contributed by atoms with van der Waals surface area (Å²) in [7, 11) is 0. The van der Waals surface area contributed by atoms with Gasteiger partial charge in [-0.3, -0.25) is 4.79 Å². The fraction of sp³-hybridized carbons (Fsp3) is 0.364. The molecule has 0 spiro atoms. The number of ether oxygens (including phenoxy) is 2. The van der Waals surface area contributed by atoms with Gasteiger partial charge in [-0.2, -0.15) is 0 Å². The van der Waals surface area contributed by atoms with Crippen LogP contribution in [0.15, 0.2) is 12.1 Å². The SMILES string of the molecule is CC(=O)Cc1cc2c(cc1O)OCCO2. The van der Waals surface area contributed by atoms with Gasteiger partial charge in [-0.05, 0) is 13.0 Å². The summed E-state index contributed by atoms with van der Waals surface area (Å²) >= 11 is 0. The first kappa shape index (κ1) is 9.83. The third kappa shape index (κ3) is 2.03. The molecule has 0 saturated carbocycles. The number of fused-ring (bicyclic) bond motifs is 1. The van der Waals surface area contributed by atoms with Crippen LogP contribution < -0.4 is 9.47 Å². The van der Waals surface area contributed by atoms with E-state index in [4.69, 9.17) is 9.47 Å². The lowest BCUT2D eigenvalue weighted by atomic mass is 10.1. The van der Waals surface area contributed by atoms with Gasteiger partial charge in [-0.1, -0.05) is 0 Å². The molecule has 1 aromatic rings. The van der Waals surface area contributed by atoms with E-state index in [9.17, 15) is 9.90 Å². The van der Waals surface area contributed by atoms with Crippen molar-refractivity contribution in [3.63, 3.8) is 0 Å². The second-order valence-electron chi connectivity index (χ2n) is 3.50. The highest BCUT2D eigenvalue weighted by molar-refractivity contribution is 5.79. The summed E-state index contributed by atoms with van der Waals surface area (Å²) in [4.78, 5) is 11.0. The predicted octanol–water partition coefficient (Wildman–Crippen LogP) is 1.29. The quantitative estimate of drug-likeness (QED) is 0.795. The molecule has 1 aliphatic heterocycles. The summed E-state index contributed by atoms with van der Waals surface area (Å²) in [6, 6.07) is 3.15. The maximum Gasteiger partial charge on any atom is 0.165 e. The van der Waals surface area contributed by atoms with Gasteiger partial charge in [-0.15, -0.1) is 0 Å². The largest absolute Gasteiger partial charge is 0.508 e. The van der Waals surface area contributed by atoms with Crippen LogP contribution in [0.5, 0.6) is 17.2 Å². The number of hydrogen-bond donors (Lipinski definition) is 1. The van der Waals surface area contributed by atoms with Crippen molar-refractivity contribution in [1.29, 1.82) is 0 Å². The third-order valence-corrected chi connectivity index (χ3v) is 2.18. The fourth-order valence-corrected chi connectivity index (χ4v) is 1.53. The first-order chi connectivity index (χ1) is 7.16. The first-order valence-electron chi connectivity index (χ1n) is 4.78. The predicted molar refractivity (Wildman–Crippen MR) is 53.5 cm³/mol. The van der Waals surface area contributed by atoms with Crippen molar-refractivity contribution in [2.24, 2.45) is 0 Å². The number of carbonyl (C=O) groups is 1. The molecule has 0 aromatic heterocycles. The van der Waals surface area contributed by atoms with E-state index in [2.05, 4.69) is 0 Å². The lowest BCUT2D eigenvalue weighted by Crippen LogP contribution is -2.15. The Balaban J connectivity index is 2.36. The van der Waals surface area contributed by atoms with Crippen molar-refractivity contribution < 1.29 is 19.4 Å². The highest BCUT2D eigenvalue weighted by Crippen LogP contribution is 2.36. The molecule has 1 aliphatic rings. The van der Waals surface area contributed by atoms with Crippen molar-refractivity contribution >= 4 is 5.78 Å². The minimum Gasteiger partial charge on any atom is -0.508 e. The molecule has 0 radical (unpaired) electrons. The molecule has 0 amide bonds. The number of phenolic OH excluding ortho intramolecular Hbond substituents is 1. The lowest BCUT2D eigenvalue weighted by Gasteiger charge is -2.19. The van der Waals surface area contributed by atoms with E-state index in [0.717, 1.165) is 0 Å². The van der Waals surface area contributed by atoms with Gasteiger partial charge < -0.3 is 14.6 Å². The Morgan fingerprint density at radius 3 is 2.53 bits per heavy atom. The van der Waals surface area contributed by atoms with Crippen molar-refractivity contribution in [2.75, 3.05) is 13.2 Å². The molecular formula is C11H12O4. The number of phenols is 1. The Morgan fingerprint density at radius 2 is 1.93 bits per heavy atom. The molecule has 0 fully saturated rings. The van der Waals surface area contributed by atoms with Crippen LogP contribution in [-0.4, -0.2) is 24.1 Å². The highest BCUT2D eigenvalue weighted by Gasteiger charge is 2.15. The lowest BCUT2D eigenvalue weighted by molar-refractivity contribution is -0.116. The molecule has 0 aliphatic carbocycles. The standard InChI is InChI=1S/C11H12O4/c1-7(12)4-8-5-10-11(6-9(8)13)15-3-2-14-10/h5-6,13H,2-4H2,1H3. The molecule has 1 aromatic carbocycles. The smallest absolute Gasteiger partial charge is 0.165 e.